The summed E-state index contributed by atoms with van der Waals surface area (Å²) in [4.78, 5) is 17.4. The van der Waals surface area contributed by atoms with Crippen molar-refractivity contribution >= 4 is 21.6 Å². The summed E-state index contributed by atoms with van der Waals surface area (Å²) in [7, 11) is 0.798. The molecule has 10 heteroatoms. The van der Waals surface area contributed by atoms with Crippen molar-refractivity contribution in [2.24, 2.45) is 4.99 Å². The van der Waals surface area contributed by atoms with E-state index in [9.17, 15) is 13.2 Å². The van der Waals surface area contributed by atoms with Gasteiger partial charge in [0.15, 0.2) is 11.5 Å². The molecule has 170 valence electrons. The number of carbonyl (C=O) groups is 1. The fraction of sp³-hybridized carbons (Fsp3) is 0.364. The third-order valence-corrected chi connectivity index (χ3v) is 7.69. The van der Waals surface area contributed by atoms with E-state index in [2.05, 4.69) is 10.3 Å². The Hall–Kier alpha value is -3.11. The van der Waals surface area contributed by atoms with E-state index in [0.717, 1.165) is 0 Å². The fourth-order valence-corrected chi connectivity index (χ4v) is 5.42. The first-order chi connectivity index (χ1) is 15.3. The van der Waals surface area contributed by atoms with Crippen molar-refractivity contribution in [3.63, 3.8) is 0 Å². The van der Waals surface area contributed by atoms with Gasteiger partial charge in [0.2, 0.25) is 10.0 Å². The number of nitrogens with one attached hydrogen (secondary N) is 1. The Morgan fingerprint density at radius 2 is 1.59 bits per heavy atom. The van der Waals surface area contributed by atoms with E-state index in [1.807, 2.05) is 0 Å². The average Bonchev–Trinajstić information content (AvgIpc) is 3.14. The minimum Gasteiger partial charge on any atom is -0.497 e. The number of sulfonamides is 1. The van der Waals surface area contributed by atoms with Gasteiger partial charge in [-0.25, -0.2) is 8.42 Å². The minimum absolute atomic E-state index is 0.129. The van der Waals surface area contributed by atoms with Crippen LogP contribution in [0.3, 0.4) is 0 Å². The summed E-state index contributed by atoms with van der Waals surface area (Å²) in [5.74, 6) is 1.24. The van der Waals surface area contributed by atoms with Crippen LogP contribution >= 0.6 is 0 Å². The van der Waals surface area contributed by atoms with Gasteiger partial charge in [-0.3, -0.25) is 9.79 Å². The number of aliphatic imine (C=N–C) groups is 1. The predicted molar refractivity (Wildman–Crippen MR) is 118 cm³/mol. The van der Waals surface area contributed by atoms with Crippen molar-refractivity contribution in [3.05, 3.63) is 48.0 Å². The van der Waals surface area contributed by atoms with Gasteiger partial charge in [0, 0.05) is 37.6 Å². The number of piperidine rings is 1. The molecule has 0 bridgehead atoms. The molecule has 0 unspecified atom stereocenters. The maximum absolute atomic E-state index is 13.2. The summed E-state index contributed by atoms with van der Waals surface area (Å²) in [5.41, 5.74) is 0.250. The van der Waals surface area contributed by atoms with Crippen molar-refractivity contribution in [1.82, 2.24) is 9.62 Å². The van der Waals surface area contributed by atoms with E-state index in [1.54, 1.807) is 37.4 Å². The number of ether oxygens (including phenoxy) is 3. The van der Waals surface area contributed by atoms with Crippen molar-refractivity contribution < 1.29 is 27.4 Å². The van der Waals surface area contributed by atoms with Crippen molar-refractivity contribution in [1.29, 1.82) is 0 Å². The number of methoxy groups -OCH3 is 3. The minimum atomic E-state index is -3.73. The van der Waals surface area contributed by atoms with Crippen molar-refractivity contribution in [2.45, 2.75) is 23.4 Å². The molecule has 2 heterocycles. The highest BCUT2D eigenvalue weighted by molar-refractivity contribution is 7.89. The van der Waals surface area contributed by atoms with Gasteiger partial charge in [0.1, 0.15) is 17.1 Å². The molecule has 1 fully saturated rings. The Labute approximate surface area is 187 Å². The van der Waals surface area contributed by atoms with Gasteiger partial charge in [-0.1, -0.05) is 0 Å². The number of hydrogen-bond donors (Lipinski definition) is 1. The number of rotatable bonds is 6. The van der Waals surface area contributed by atoms with Gasteiger partial charge in [-0.15, -0.1) is 0 Å². The van der Waals surface area contributed by atoms with Crippen LogP contribution in [0, 0.1) is 0 Å². The monoisotopic (exact) mass is 459 g/mol. The molecule has 0 radical (unpaired) electrons. The zero-order valence-electron chi connectivity index (χ0n) is 18.1. The highest BCUT2D eigenvalue weighted by Gasteiger charge is 2.44. The molecule has 9 nitrogen and oxygen atoms in total. The van der Waals surface area contributed by atoms with Crippen LogP contribution in [0.15, 0.2) is 52.4 Å². The molecular weight excluding hydrogens is 434 g/mol. The quantitative estimate of drug-likeness (QED) is 0.706. The SMILES string of the molecule is COc1ccc(C2=NC3(CCN(S(=O)(=O)c4ccc(OC)c(OC)c4)CC3)NC2=O)cc1. The molecule has 0 aromatic heterocycles. The summed E-state index contributed by atoms with van der Waals surface area (Å²) in [5, 5.41) is 2.96. The van der Waals surface area contributed by atoms with Crippen LogP contribution in [-0.4, -0.2) is 64.4 Å². The van der Waals surface area contributed by atoms with Gasteiger partial charge in [-0.05, 0) is 36.4 Å². The van der Waals surface area contributed by atoms with Crippen LogP contribution in [0.5, 0.6) is 17.2 Å². The summed E-state index contributed by atoms with van der Waals surface area (Å²) in [6.07, 6.45) is 0.760. The number of amides is 1. The first kappa shape index (κ1) is 22.1. The second-order valence-corrected chi connectivity index (χ2v) is 9.53. The standard InChI is InChI=1S/C22H25N3O6S/c1-29-16-6-4-15(5-7-16)20-21(26)24-22(23-20)10-12-25(13-11-22)32(27,28)17-8-9-18(30-2)19(14-17)31-3/h4-9,14H,10-13H2,1-3H3,(H,24,26). The maximum atomic E-state index is 13.2. The summed E-state index contributed by atoms with van der Waals surface area (Å²) < 4.78 is 43.3. The van der Waals surface area contributed by atoms with Gasteiger partial charge >= 0.3 is 0 Å². The zero-order valence-corrected chi connectivity index (χ0v) is 18.9. The van der Waals surface area contributed by atoms with Crippen molar-refractivity contribution in [2.75, 3.05) is 34.4 Å². The second-order valence-electron chi connectivity index (χ2n) is 7.60. The van der Waals surface area contributed by atoms with Gasteiger partial charge in [0.05, 0.1) is 26.2 Å². The molecule has 2 aromatic rings. The molecule has 32 heavy (non-hydrogen) atoms. The molecule has 1 saturated heterocycles. The third-order valence-electron chi connectivity index (χ3n) is 5.79. The lowest BCUT2D eigenvalue weighted by Gasteiger charge is -2.36. The van der Waals surface area contributed by atoms with Crippen LogP contribution in [0.2, 0.25) is 0 Å². The lowest BCUT2D eigenvalue weighted by atomic mass is 10.00. The fourth-order valence-electron chi connectivity index (χ4n) is 3.97. The van der Waals surface area contributed by atoms with Crippen LogP contribution < -0.4 is 19.5 Å². The molecule has 1 N–H and O–H groups in total. The zero-order chi connectivity index (χ0) is 22.9. The van der Waals surface area contributed by atoms with Crippen LogP contribution in [-0.2, 0) is 14.8 Å². The third kappa shape index (κ3) is 3.91. The Morgan fingerprint density at radius 1 is 0.938 bits per heavy atom. The van der Waals surface area contributed by atoms with Gasteiger partial charge in [0.25, 0.3) is 5.91 Å². The van der Waals surface area contributed by atoms with E-state index in [0.29, 0.717) is 41.4 Å². The molecular formula is C22H25N3O6S. The average molecular weight is 460 g/mol. The molecule has 0 saturated carbocycles. The number of nitrogens with zero attached hydrogens (tertiary/aromatic N) is 2. The summed E-state index contributed by atoms with van der Waals surface area (Å²) in [6, 6.07) is 11.6. The lowest BCUT2D eigenvalue weighted by molar-refractivity contribution is -0.115. The Kier molecular flexibility index (Phi) is 5.83. The first-order valence-corrected chi connectivity index (χ1v) is 11.5. The largest absolute Gasteiger partial charge is 0.497 e. The Balaban J connectivity index is 1.52. The van der Waals surface area contributed by atoms with Gasteiger partial charge < -0.3 is 19.5 Å². The van der Waals surface area contributed by atoms with Crippen LogP contribution in [0.4, 0.5) is 0 Å². The molecule has 0 atom stereocenters. The smallest absolute Gasteiger partial charge is 0.272 e. The molecule has 0 aliphatic carbocycles. The van der Waals surface area contributed by atoms with E-state index in [-0.39, 0.29) is 23.9 Å². The number of benzene rings is 2. The van der Waals surface area contributed by atoms with Crippen LogP contribution in [0.25, 0.3) is 0 Å². The Bertz CT molecular complexity index is 1150. The molecule has 2 aliphatic rings. The highest BCUT2D eigenvalue weighted by Crippen LogP contribution is 2.34. The molecule has 1 spiro atoms. The lowest BCUT2D eigenvalue weighted by Crippen LogP contribution is -2.52. The first-order valence-electron chi connectivity index (χ1n) is 10.1. The topological polar surface area (TPSA) is 107 Å². The molecule has 4 rings (SSSR count). The summed E-state index contributed by atoms with van der Waals surface area (Å²) in [6.45, 7) is 0.465. The highest BCUT2D eigenvalue weighted by atomic mass is 32.2. The van der Waals surface area contributed by atoms with Crippen LogP contribution in [0.1, 0.15) is 18.4 Å². The number of hydrogen-bond acceptors (Lipinski definition) is 7. The van der Waals surface area contributed by atoms with E-state index in [1.165, 1.54) is 30.7 Å². The van der Waals surface area contributed by atoms with Gasteiger partial charge in [-0.2, -0.15) is 4.31 Å². The van der Waals surface area contributed by atoms with E-state index >= 15 is 0 Å². The molecule has 1 amide bonds. The van der Waals surface area contributed by atoms with Crippen molar-refractivity contribution in [3.8, 4) is 17.2 Å². The number of carbonyl (C=O) groups excluding carboxylic acids is 1. The normalized spacial score (nSPS) is 18.2. The van der Waals surface area contributed by atoms with E-state index in [4.69, 9.17) is 14.2 Å². The molecule has 2 aliphatic heterocycles. The summed E-state index contributed by atoms with van der Waals surface area (Å²) >= 11 is 0. The Morgan fingerprint density at radius 3 is 2.19 bits per heavy atom. The second kappa shape index (κ2) is 8.44. The maximum Gasteiger partial charge on any atom is 0.272 e. The van der Waals surface area contributed by atoms with E-state index < -0.39 is 15.7 Å². The molecule has 2 aromatic carbocycles. The predicted octanol–water partition coefficient (Wildman–Crippen LogP) is 1.81.